The molecule has 6 nitrogen and oxygen atoms in total. The topological polar surface area (TPSA) is 81.8 Å². The van der Waals surface area contributed by atoms with Gasteiger partial charge in [0.1, 0.15) is 0 Å². The zero-order chi connectivity index (χ0) is 16.0. The van der Waals surface area contributed by atoms with Gasteiger partial charge >= 0.3 is 0 Å². The van der Waals surface area contributed by atoms with Gasteiger partial charge in [0.05, 0.1) is 38.4 Å². The predicted molar refractivity (Wildman–Crippen MR) is 89.3 cm³/mol. The van der Waals surface area contributed by atoms with Crippen LogP contribution in [-0.2, 0) is 0 Å². The molecule has 0 amide bonds. The fourth-order valence-electron chi connectivity index (χ4n) is 2.34. The van der Waals surface area contributed by atoms with Gasteiger partial charge in [0.15, 0.2) is 0 Å². The second-order valence-electron chi connectivity index (χ2n) is 4.86. The van der Waals surface area contributed by atoms with Crippen molar-refractivity contribution in [1.29, 1.82) is 5.26 Å². The minimum atomic E-state index is 0.423. The van der Waals surface area contributed by atoms with E-state index in [0.29, 0.717) is 38.5 Å². The van der Waals surface area contributed by atoms with Crippen molar-refractivity contribution < 1.29 is 0 Å². The zero-order valence-electron chi connectivity index (χ0n) is 11.5. The van der Waals surface area contributed by atoms with Crippen molar-refractivity contribution in [2.75, 3.05) is 5.32 Å². The Kier molecular flexibility index (Phi) is 3.11. The molecule has 0 aliphatic heterocycles. The van der Waals surface area contributed by atoms with Gasteiger partial charge in [-0.3, -0.25) is 5.10 Å². The molecule has 0 spiro atoms. The summed E-state index contributed by atoms with van der Waals surface area (Å²) < 4.78 is 1.73. The number of benzene rings is 2. The quantitative estimate of drug-likeness (QED) is 0.573. The first kappa shape index (κ1) is 13.9. The van der Waals surface area contributed by atoms with Gasteiger partial charge in [-0.05, 0) is 30.3 Å². The number of hydrogen-bond donors (Lipinski definition) is 2. The number of aromatic nitrogens is 4. The molecule has 0 radical (unpaired) electrons. The molecule has 112 valence electrons. The molecule has 0 aliphatic rings. The van der Waals surface area contributed by atoms with Crippen LogP contribution in [0.15, 0.2) is 36.4 Å². The Morgan fingerprint density at radius 1 is 1.17 bits per heavy atom. The van der Waals surface area contributed by atoms with E-state index in [1.54, 1.807) is 34.8 Å². The number of nitrogens with one attached hydrogen (secondary N) is 2. The van der Waals surface area contributed by atoms with E-state index in [1.807, 2.05) is 6.07 Å². The Hall–Kier alpha value is -2.75. The summed E-state index contributed by atoms with van der Waals surface area (Å²) in [6, 6.07) is 12.7. The predicted octanol–water partition coefficient (Wildman–Crippen LogP) is 4.13. The van der Waals surface area contributed by atoms with Gasteiger partial charge in [-0.2, -0.15) is 10.2 Å². The molecule has 0 saturated carbocycles. The molecule has 8 heteroatoms. The summed E-state index contributed by atoms with van der Waals surface area (Å²) in [5.41, 5.74) is 2.74. The third-order valence-corrected chi connectivity index (χ3v) is 4.22. The number of aromatic amines is 1. The summed E-state index contributed by atoms with van der Waals surface area (Å²) in [6.07, 6.45) is 0. The van der Waals surface area contributed by atoms with E-state index in [2.05, 4.69) is 26.5 Å². The van der Waals surface area contributed by atoms with Gasteiger partial charge in [-0.1, -0.05) is 29.3 Å². The maximum Gasteiger partial charge on any atom is 0.253 e. The van der Waals surface area contributed by atoms with Gasteiger partial charge in [0.2, 0.25) is 5.95 Å². The summed E-state index contributed by atoms with van der Waals surface area (Å²) in [7, 11) is 0. The molecule has 23 heavy (non-hydrogen) atoms. The third kappa shape index (κ3) is 2.27. The van der Waals surface area contributed by atoms with E-state index in [9.17, 15) is 0 Å². The number of halogens is 2. The first-order valence-electron chi connectivity index (χ1n) is 6.65. The summed E-state index contributed by atoms with van der Waals surface area (Å²) in [4.78, 5) is 8.77. The van der Waals surface area contributed by atoms with Crippen LogP contribution in [0.2, 0.25) is 10.0 Å². The minimum Gasteiger partial charge on any atom is -0.323 e. The molecule has 0 atom stereocenters. The maximum absolute atomic E-state index is 8.94. The number of H-pyrrole nitrogens is 1. The lowest BCUT2D eigenvalue weighted by molar-refractivity contribution is 1.01. The number of nitriles is 1. The highest BCUT2D eigenvalue weighted by Gasteiger charge is 2.12. The highest BCUT2D eigenvalue weighted by Crippen LogP contribution is 2.31. The van der Waals surface area contributed by atoms with Crippen LogP contribution in [0.25, 0.3) is 16.8 Å². The van der Waals surface area contributed by atoms with E-state index < -0.39 is 0 Å². The van der Waals surface area contributed by atoms with Crippen LogP contribution in [-0.4, -0.2) is 19.6 Å². The van der Waals surface area contributed by atoms with Crippen molar-refractivity contribution >= 4 is 51.6 Å². The molecule has 4 rings (SSSR count). The fourth-order valence-corrected chi connectivity index (χ4v) is 2.68. The zero-order valence-corrected chi connectivity index (χ0v) is 13.0. The molecule has 2 aromatic heterocycles. The lowest BCUT2D eigenvalue weighted by atomic mass is 10.2. The lowest BCUT2D eigenvalue weighted by Crippen LogP contribution is -1.94. The van der Waals surface area contributed by atoms with E-state index >= 15 is 0 Å². The highest BCUT2D eigenvalue weighted by atomic mass is 35.5. The SMILES string of the molecule is N#Cc1ccc2c(c1)nc1nc(Nc3cccc(Cl)c3Cl)[nH]n12. The normalized spacial score (nSPS) is 11.0. The number of rotatable bonds is 2. The van der Waals surface area contributed by atoms with Crippen LogP contribution in [0, 0.1) is 11.3 Å². The summed E-state index contributed by atoms with van der Waals surface area (Å²) in [5, 5.41) is 16.0. The maximum atomic E-state index is 8.94. The van der Waals surface area contributed by atoms with Crippen LogP contribution in [0.4, 0.5) is 11.6 Å². The second-order valence-corrected chi connectivity index (χ2v) is 5.65. The lowest BCUT2D eigenvalue weighted by Gasteiger charge is -2.05. The Morgan fingerprint density at radius 3 is 2.87 bits per heavy atom. The van der Waals surface area contributed by atoms with E-state index in [0.717, 1.165) is 5.52 Å². The Bertz CT molecular complexity index is 1090. The van der Waals surface area contributed by atoms with Crippen molar-refractivity contribution in [1.82, 2.24) is 19.6 Å². The third-order valence-electron chi connectivity index (χ3n) is 3.40. The van der Waals surface area contributed by atoms with E-state index in [1.165, 1.54) is 0 Å². The first-order chi connectivity index (χ1) is 11.2. The molecular weight excluding hydrogens is 335 g/mol. The van der Waals surface area contributed by atoms with Crippen LogP contribution in [0.5, 0.6) is 0 Å². The van der Waals surface area contributed by atoms with Gasteiger partial charge in [0, 0.05) is 0 Å². The number of fused-ring (bicyclic) bond motifs is 3. The van der Waals surface area contributed by atoms with Crippen LogP contribution in [0.1, 0.15) is 5.56 Å². The second kappa shape index (κ2) is 5.16. The molecule has 2 aromatic carbocycles. The molecule has 0 aliphatic carbocycles. The molecule has 2 N–H and O–H groups in total. The molecule has 0 bridgehead atoms. The van der Waals surface area contributed by atoms with Crippen molar-refractivity contribution in [2.45, 2.75) is 0 Å². The standard InChI is InChI=1S/C15H8Cl2N6/c16-9-2-1-3-10(13(9)17)19-14-21-15-20-11-6-8(7-18)4-5-12(11)23(15)22-14/h1-6H,(H2,19,20,21,22). The summed E-state index contributed by atoms with van der Waals surface area (Å²) in [5.74, 6) is 0.985. The van der Waals surface area contributed by atoms with Crippen molar-refractivity contribution in [3.8, 4) is 6.07 Å². The average Bonchev–Trinajstić information content (AvgIpc) is 3.08. The monoisotopic (exact) mass is 342 g/mol. The minimum absolute atomic E-state index is 0.423. The molecule has 0 fully saturated rings. The molecule has 4 aromatic rings. The van der Waals surface area contributed by atoms with Gasteiger partial charge < -0.3 is 5.32 Å². The number of anilines is 2. The first-order valence-corrected chi connectivity index (χ1v) is 7.40. The fraction of sp³-hybridized carbons (Fsp3) is 0. The van der Waals surface area contributed by atoms with Crippen molar-refractivity contribution in [2.24, 2.45) is 0 Å². The van der Waals surface area contributed by atoms with Crippen LogP contribution < -0.4 is 5.32 Å². The van der Waals surface area contributed by atoms with Gasteiger partial charge in [-0.15, -0.1) is 0 Å². The largest absolute Gasteiger partial charge is 0.323 e. The van der Waals surface area contributed by atoms with Gasteiger partial charge in [0.25, 0.3) is 5.78 Å². The Balaban J connectivity index is 1.78. The Labute approximate surface area is 140 Å². The van der Waals surface area contributed by atoms with Gasteiger partial charge in [-0.25, -0.2) is 9.50 Å². The summed E-state index contributed by atoms with van der Waals surface area (Å²) >= 11 is 12.2. The number of hydrogen-bond acceptors (Lipinski definition) is 4. The molecule has 0 saturated heterocycles. The number of imidazole rings is 1. The van der Waals surface area contributed by atoms with Crippen LogP contribution >= 0.6 is 23.2 Å². The summed E-state index contributed by atoms with van der Waals surface area (Å²) in [6.45, 7) is 0. The smallest absolute Gasteiger partial charge is 0.253 e. The molecule has 0 unspecified atom stereocenters. The number of nitrogens with zero attached hydrogens (tertiary/aromatic N) is 4. The Morgan fingerprint density at radius 2 is 2.04 bits per heavy atom. The van der Waals surface area contributed by atoms with Crippen molar-refractivity contribution in [3.05, 3.63) is 52.0 Å². The van der Waals surface area contributed by atoms with Crippen molar-refractivity contribution in [3.63, 3.8) is 0 Å². The molecular formula is C15H8Cl2N6. The molecule has 2 heterocycles. The van der Waals surface area contributed by atoms with Crippen LogP contribution in [0.3, 0.4) is 0 Å². The highest BCUT2D eigenvalue weighted by molar-refractivity contribution is 6.43. The van der Waals surface area contributed by atoms with E-state index in [-0.39, 0.29) is 0 Å². The van der Waals surface area contributed by atoms with E-state index in [4.69, 9.17) is 28.5 Å². The average molecular weight is 343 g/mol.